The van der Waals surface area contributed by atoms with E-state index in [1.165, 1.54) is 6.07 Å². The van der Waals surface area contributed by atoms with Crippen molar-refractivity contribution in [3.05, 3.63) is 335 Å². The highest BCUT2D eigenvalue weighted by molar-refractivity contribution is 6.34. The smallest absolute Gasteiger partial charge is 0.307 e. The molecule has 0 N–H and O–H groups in total. The Kier molecular flexibility index (Phi) is 18.7. The fourth-order valence-corrected chi connectivity index (χ4v) is 15.5. The number of hydrogen-bond acceptors (Lipinski definition) is 18. The number of rotatable bonds is 0. The van der Waals surface area contributed by atoms with Gasteiger partial charge in [-0.2, -0.15) is 42.1 Å². The molecule has 0 aliphatic heterocycles. The molecule has 5 aromatic heterocycles. The molecule has 0 fully saturated rings. The Morgan fingerprint density at radius 2 is 0.452 bits per heavy atom. The summed E-state index contributed by atoms with van der Waals surface area (Å²) in [5, 5.41) is 92.0. The van der Waals surface area contributed by atoms with Gasteiger partial charge < -0.3 is 14.5 Å². The van der Waals surface area contributed by atoms with E-state index in [1.807, 2.05) is 194 Å². The molecule has 29 nitrogen and oxygen atoms in total. The lowest BCUT2D eigenvalue weighted by atomic mass is 9.91. The molecule has 0 aliphatic rings. The molecule has 560 valence electrons. The molecule has 15 aromatic carbocycles. The number of nitrogens with zero attached hydrogens (tertiary/aromatic N) is 29. The van der Waals surface area contributed by atoms with Crippen LogP contribution < -0.4 is 0 Å². The summed E-state index contributed by atoms with van der Waals surface area (Å²) in [7, 11) is 0. The summed E-state index contributed by atoms with van der Waals surface area (Å²) in [6.07, 6.45) is 0. The summed E-state index contributed by atoms with van der Waals surface area (Å²) in [6.45, 7) is 82.8. The van der Waals surface area contributed by atoms with Crippen LogP contribution in [-0.2, 0) is 0 Å². The van der Waals surface area contributed by atoms with E-state index >= 15 is 0 Å². The molecular formula is C97H27N29. The molecule has 0 spiro atoms. The molecule has 5 heterocycles. The van der Waals surface area contributed by atoms with Gasteiger partial charge in [0.05, 0.1) is 86.3 Å². The molecule has 0 bridgehead atoms. The van der Waals surface area contributed by atoms with E-state index in [2.05, 4.69) is 103 Å². The van der Waals surface area contributed by atoms with Gasteiger partial charge in [-0.25, -0.2) is 34.9 Å². The van der Waals surface area contributed by atoms with Crippen LogP contribution in [0.2, 0.25) is 0 Å². The average Bonchev–Trinajstić information content (AvgIpc) is 0.717. The Morgan fingerprint density at radius 1 is 0.190 bits per heavy atom. The SMILES string of the molecule is [C-]#[N+]c1c([N+]#[C-])c(C#N)c2c3nc(C#N)c(C#N)nc3c3cc4ccccc4cc3c2c1[N+]#[C-].[C-]#[N+]c1cc2c3cc4ccccc4cc3c3nc(C#N)c([N+]#[C-])nc3c2cc1[N+]#[C-].[C-]#[N+]c1cc2c3nc(C#N)c(C#N)nc3c3cc4ccccc4cc3c2c([N+]#[C-])c1[N+]#[C-].[C-]#[N+]c1nc2c3cc4ccccc4cc3c3nc(C#N)c(C#N)nc3c2nc1[N+]#[C-]. The van der Waals surface area contributed by atoms with Crippen molar-refractivity contribution in [3.63, 3.8) is 0 Å². The highest BCUT2D eigenvalue weighted by Gasteiger charge is 2.30. The lowest BCUT2D eigenvalue weighted by molar-refractivity contribution is 1.20. The number of fused-ring (bicyclic) bond motifs is 28. The molecule has 29 heteroatoms. The van der Waals surface area contributed by atoms with E-state index < -0.39 is 0 Å². The zero-order valence-corrected chi connectivity index (χ0v) is 63.6. The minimum atomic E-state index is -0.248. The van der Waals surface area contributed by atoms with Gasteiger partial charge in [0.1, 0.15) is 59.0 Å². The Hall–Kier alpha value is -21.8. The number of benzene rings is 15. The van der Waals surface area contributed by atoms with E-state index in [4.69, 9.17) is 72.3 Å². The van der Waals surface area contributed by atoms with Gasteiger partial charge in [-0.1, -0.05) is 135 Å². The minimum Gasteiger partial charge on any atom is -0.370 e. The van der Waals surface area contributed by atoms with Crippen molar-refractivity contribution in [2.45, 2.75) is 0 Å². The van der Waals surface area contributed by atoms with Crippen molar-refractivity contribution in [1.29, 1.82) is 42.1 Å². The van der Waals surface area contributed by atoms with Crippen molar-refractivity contribution in [2.24, 2.45) is 0 Å². The van der Waals surface area contributed by atoms with Crippen LogP contribution in [0.3, 0.4) is 0 Å². The van der Waals surface area contributed by atoms with E-state index in [0.717, 1.165) is 59.2 Å². The number of nitriles is 8. The Bertz CT molecular complexity index is 9070. The fourth-order valence-electron chi connectivity index (χ4n) is 15.5. The minimum absolute atomic E-state index is 0.0154. The van der Waals surface area contributed by atoms with Crippen molar-refractivity contribution in [2.75, 3.05) is 0 Å². The maximum Gasteiger partial charge on any atom is 0.307 e. The number of aromatic nitrogens is 10. The third kappa shape index (κ3) is 11.9. The van der Waals surface area contributed by atoms with Crippen LogP contribution in [0.5, 0.6) is 0 Å². The monoisotopic (exact) mass is 1600 g/mol. The maximum atomic E-state index is 10.0. The topological polar surface area (TPSA) is 367 Å². The second kappa shape index (κ2) is 30.7. The van der Waals surface area contributed by atoms with Gasteiger partial charge in [0.25, 0.3) is 11.6 Å². The first kappa shape index (κ1) is 76.8. The third-order valence-corrected chi connectivity index (χ3v) is 20.9. The lowest BCUT2D eigenvalue weighted by Crippen LogP contribution is -1.99. The Balaban J connectivity index is 0.000000119. The predicted molar refractivity (Wildman–Crippen MR) is 470 cm³/mol. The van der Waals surface area contributed by atoms with Gasteiger partial charge in [-0.05, 0) is 129 Å². The van der Waals surface area contributed by atoms with Crippen LogP contribution in [0.15, 0.2) is 164 Å². The van der Waals surface area contributed by atoms with Crippen LogP contribution in [0.4, 0.5) is 63.0 Å². The summed E-state index contributed by atoms with van der Waals surface area (Å²) < 4.78 is 0. The first-order chi connectivity index (χ1) is 61.6. The molecule has 0 saturated carbocycles. The quantitative estimate of drug-likeness (QED) is 0.0773. The average molecular weight is 1600 g/mol. The molecule has 126 heavy (non-hydrogen) atoms. The molecule has 0 unspecified atom stereocenters. The Labute approximate surface area is 707 Å². The summed E-state index contributed by atoms with van der Waals surface area (Å²) in [5.74, 6) is -0.331. The summed E-state index contributed by atoms with van der Waals surface area (Å²) >= 11 is 0. The standard InChI is InChI=1S/C26H6N8.C25H7N7.C24H8N6.C22H6N8/c1-30-22-17(10-27)21-20(24(31-2)26(22)32-3)15-8-13-6-4-5-7-14(13)9-16(15)23-25(21)34-19(12-29)18(11-28)33-23;1-28-18-10-17-21(25(30-3)24(18)29-2)15-8-13-6-4-5-7-14(13)9-16(15)22-23(17)32-20(12-27)19(11-26)31-22;1-26-19-10-16-15-8-13-6-4-5-7-14(13)9-17(15)22-23(18(16)11-20(19)27-2)30-24(28-3)21(12-25)29-22;1-25-21-22(26-2)30-20-18(29-21)14-8-12-6-4-3-5-11(12)7-13(14)17-19(20)28-16(10-24)15(9-23)27-17/h4-9H;4-10H;4-11H;3-8H. The molecule has 0 saturated heterocycles. The molecule has 0 aliphatic carbocycles. The van der Waals surface area contributed by atoms with Crippen molar-refractivity contribution in [3.8, 4) is 48.6 Å². The van der Waals surface area contributed by atoms with Crippen molar-refractivity contribution in [1.82, 2.24) is 49.8 Å². The van der Waals surface area contributed by atoms with Gasteiger partial charge in [-0.3, -0.25) is 38.8 Å². The van der Waals surface area contributed by atoms with Gasteiger partial charge in [0.15, 0.2) is 73.8 Å². The largest absolute Gasteiger partial charge is 0.370 e. The Morgan fingerprint density at radius 3 is 0.841 bits per heavy atom. The van der Waals surface area contributed by atoms with Crippen LogP contribution in [0.25, 0.3) is 227 Å². The van der Waals surface area contributed by atoms with E-state index in [0.29, 0.717) is 87.0 Å². The highest BCUT2D eigenvalue weighted by atomic mass is 15.0. The molecule has 0 radical (unpaired) electrons. The highest BCUT2D eigenvalue weighted by Crippen LogP contribution is 2.54. The second-order valence-corrected chi connectivity index (χ2v) is 27.2. The van der Waals surface area contributed by atoms with Crippen LogP contribution in [0, 0.1) is 163 Å². The molecule has 20 aromatic rings. The lowest BCUT2D eigenvalue weighted by Gasteiger charge is -2.15. The third-order valence-electron chi connectivity index (χ3n) is 20.9. The van der Waals surface area contributed by atoms with Crippen LogP contribution in [-0.4, -0.2) is 49.8 Å². The molecular weight excluding hydrogens is 1570 g/mol. The summed E-state index contributed by atoms with van der Waals surface area (Å²) in [6, 6.07) is 66.3. The maximum absolute atomic E-state index is 10.0. The predicted octanol–water partition coefficient (Wildman–Crippen LogP) is 24.2. The van der Waals surface area contributed by atoms with Crippen molar-refractivity contribution >= 4 is 237 Å². The van der Waals surface area contributed by atoms with E-state index in [-0.39, 0.29) is 136 Å². The van der Waals surface area contributed by atoms with Gasteiger partial charge in [0, 0.05) is 37.7 Å². The van der Waals surface area contributed by atoms with Gasteiger partial charge in [0.2, 0.25) is 28.1 Å². The second-order valence-electron chi connectivity index (χ2n) is 27.2. The van der Waals surface area contributed by atoms with Crippen LogP contribution in [0.1, 0.15) is 45.4 Å². The number of hydrogen-bond donors (Lipinski definition) is 0. The first-order valence-corrected chi connectivity index (χ1v) is 36.3. The molecule has 0 amide bonds. The van der Waals surface area contributed by atoms with Crippen molar-refractivity contribution < 1.29 is 0 Å². The fraction of sp³-hybridized carbons (Fsp3) is 0. The summed E-state index contributed by atoms with van der Waals surface area (Å²) in [4.78, 5) is 81.9. The normalized spacial score (nSPS) is 10.4. The molecule has 20 rings (SSSR count). The van der Waals surface area contributed by atoms with E-state index in [9.17, 15) is 42.1 Å². The molecule has 0 atom stereocenters. The van der Waals surface area contributed by atoms with Crippen LogP contribution >= 0.6 is 0 Å². The van der Waals surface area contributed by atoms with Gasteiger partial charge in [-0.15, -0.1) is 15.0 Å². The van der Waals surface area contributed by atoms with E-state index in [1.54, 1.807) is 12.1 Å². The first-order valence-electron chi connectivity index (χ1n) is 36.3. The summed E-state index contributed by atoms with van der Waals surface area (Å²) in [5.41, 5.74) is 2.38. The zero-order chi connectivity index (χ0) is 88.0. The van der Waals surface area contributed by atoms with Gasteiger partial charge >= 0.3 is 5.82 Å². The zero-order valence-electron chi connectivity index (χ0n) is 63.6.